The fraction of sp³-hybridized carbons (Fsp3) is 0.375. The summed E-state index contributed by atoms with van der Waals surface area (Å²) >= 11 is 2.23. The Morgan fingerprint density at radius 3 is 3.08 bits per heavy atom. The van der Waals surface area contributed by atoms with Gasteiger partial charge in [-0.25, -0.2) is 4.79 Å². The normalized spacial score (nSPS) is 9.75. The van der Waals surface area contributed by atoms with Crippen LogP contribution in [0.4, 0.5) is 0 Å². The van der Waals surface area contributed by atoms with E-state index in [0.717, 1.165) is 10.8 Å². The third-order valence-corrected chi connectivity index (χ3v) is 2.00. The maximum atomic E-state index is 11.1. The standard InChI is InChI=1S/C8H9IO3/c9-4-2-6-12-8(10)7-3-1-5-11-7/h1,3,5H,2,4,6H2. The molecule has 1 aromatic rings. The summed E-state index contributed by atoms with van der Waals surface area (Å²) in [5.74, 6) is -0.117. The molecule has 0 saturated heterocycles. The highest BCUT2D eigenvalue weighted by atomic mass is 127. The van der Waals surface area contributed by atoms with Crippen LogP contribution in [0.25, 0.3) is 0 Å². The van der Waals surface area contributed by atoms with Crippen LogP contribution in [0.15, 0.2) is 22.8 Å². The number of halogens is 1. The van der Waals surface area contributed by atoms with Crippen LogP contribution in [-0.2, 0) is 4.74 Å². The second-order valence-corrected chi connectivity index (χ2v) is 3.23. The fourth-order valence-corrected chi connectivity index (χ4v) is 0.997. The van der Waals surface area contributed by atoms with Crippen LogP contribution in [0, 0.1) is 0 Å². The van der Waals surface area contributed by atoms with Crippen molar-refractivity contribution in [2.75, 3.05) is 11.0 Å². The van der Waals surface area contributed by atoms with Crippen molar-refractivity contribution in [2.24, 2.45) is 0 Å². The first-order valence-corrected chi connectivity index (χ1v) is 5.13. The molecule has 0 spiro atoms. The zero-order chi connectivity index (χ0) is 8.81. The third kappa shape index (κ3) is 2.84. The van der Waals surface area contributed by atoms with Gasteiger partial charge in [0.25, 0.3) is 0 Å². The van der Waals surface area contributed by atoms with Gasteiger partial charge in [-0.15, -0.1) is 0 Å². The van der Waals surface area contributed by atoms with Crippen LogP contribution in [-0.4, -0.2) is 17.0 Å². The average molecular weight is 280 g/mol. The molecule has 0 unspecified atom stereocenters. The minimum atomic E-state index is -0.384. The lowest BCUT2D eigenvalue weighted by atomic mass is 10.4. The van der Waals surface area contributed by atoms with E-state index in [1.54, 1.807) is 12.1 Å². The van der Waals surface area contributed by atoms with Crippen molar-refractivity contribution < 1.29 is 13.9 Å². The van der Waals surface area contributed by atoms with Crippen LogP contribution in [0.2, 0.25) is 0 Å². The summed E-state index contributed by atoms with van der Waals surface area (Å²) in [6.45, 7) is 0.461. The summed E-state index contributed by atoms with van der Waals surface area (Å²) in [5, 5.41) is 0. The number of carbonyl (C=O) groups excluding carboxylic acids is 1. The van der Waals surface area contributed by atoms with Crippen molar-refractivity contribution in [1.29, 1.82) is 0 Å². The average Bonchev–Trinajstić information content (AvgIpc) is 2.56. The van der Waals surface area contributed by atoms with E-state index >= 15 is 0 Å². The summed E-state index contributed by atoms with van der Waals surface area (Å²) in [5.41, 5.74) is 0. The van der Waals surface area contributed by atoms with Gasteiger partial charge >= 0.3 is 5.97 Å². The second kappa shape index (κ2) is 5.18. The Morgan fingerprint density at radius 1 is 1.67 bits per heavy atom. The van der Waals surface area contributed by atoms with Gasteiger partial charge in [-0.3, -0.25) is 0 Å². The molecule has 0 aliphatic heterocycles. The molecule has 0 aromatic carbocycles. The number of esters is 1. The first-order valence-electron chi connectivity index (χ1n) is 3.61. The molecule has 0 N–H and O–H groups in total. The highest BCUT2D eigenvalue weighted by Crippen LogP contribution is 2.02. The van der Waals surface area contributed by atoms with E-state index in [-0.39, 0.29) is 11.7 Å². The number of ether oxygens (including phenoxy) is 1. The Bertz CT molecular complexity index is 230. The molecule has 0 atom stereocenters. The Morgan fingerprint density at radius 2 is 2.50 bits per heavy atom. The number of hydrogen-bond acceptors (Lipinski definition) is 3. The largest absolute Gasteiger partial charge is 0.460 e. The first kappa shape index (κ1) is 9.57. The monoisotopic (exact) mass is 280 g/mol. The van der Waals surface area contributed by atoms with Gasteiger partial charge in [0.1, 0.15) is 0 Å². The van der Waals surface area contributed by atoms with Crippen molar-refractivity contribution in [3.05, 3.63) is 24.2 Å². The van der Waals surface area contributed by atoms with Crippen LogP contribution < -0.4 is 0 Å². The topological polar surface area (TPSA) is 39.4 Å². The number of carbonyl (C=O) groups is 1. The molecule has 0 amide bonds. The summed E-state index contributed by atoms with van der Waals surface area (Å²) in [6, 6.07) is 3.25. The Balaban J connectivity index is 2.30. The minimum Gasteiger partial charge on any atom is -0.460 e. The summed E-state index contributed by atoms with van der Waals surface area (Å²) < 4.78 is 10.7. The van der Waals surface area contributed by atoms with Crippen LogP contribution in [0.5, 0.6) is 0 Å². The maximum Gasteiger partial charge on any atom is 0.374 e. The van der Waals surface area contributed by atoms with E-state index in [1.807, 2.05) is 0 Å². The van der Waals surface area contributed by atoms with E-state index in [4.69, 9.17) is 9.15 Å². The second-order valence-electron chi connectivity index (χ2n) is 2.16. The fourth-order valence-electron chi connectivity index (χ4n) is 0.685. The Labute approximate surface area is 84.2 Å². The molecular weight excluding hydrogens is 271 g/mol. The summed E-state index contributed by atoms with van der Waals surface area (Å²) in [6.07, 6.45) is 2.34. The van der Waals surface area contributed by atoms with Gasteiger partial charge in [-0.2, -0.15) is 0 Å². The van der Waals surface area contributed by atoms with Gasteiger partial charge in [-0.1, -0.05) is 22.6 Å². The smallest absolute Gasteiger partial charge is 0.374 e. The molecule has 3 nitrogen and oxygen atoms in total. The van der Waals surface area contributed by atoms with Crippen molar-refractivity contribution in [3.8, 4) is 0 Å². The quantitative estimate of drug-likeness (QED) is 0.367. The number of hydrogen-bond donors (Lipinski definition) is 0. The van der Waals surface area contributed by atoms with Crippen LogP contribution in [0.3, 0.4) is 0 Å². The van der Waals surface area contributed by atoms with E-state index in [0.29, 0.717) is 6.61 Å². The predicted octanol–water partition coefficient (Wildman–Crippen LogP) is 2.26. The Kier molecular flexibility index (Phi) is 4.13. The minimum absolute atomic E-state index is 0.267. The predicted molar refractivity (Wildman–Crippen MR) is 52.5 cm³/mol. The lowest BCUT2D eigenvalue weighted by Crippen LogP contribution is -2.05. The molecule has 0 aliphatic rings. The van der Waals surface area contributed by atoms with Gasteiger partial charge in [0.05, 0.1) is 12.9 Å². The van der Waals surface area contributed by atoms with E-state index in [9.17, 15) is 4.79 Å². The van der Waals surface area contributed by atoms with Gasteiger partial charge in [0.15, 0.2) is 0 Å². The molecule has 0 bridgehead atoms. The van der Waals surface area contributed by atoms with Gasteiger partial charge in [0.2, 0.25) is 5.76 Å². The first-order chi connectivity index (χ1) is 5.84. The SMILES string of the molecule is O=C(OCCCI)c1ccco1. The third-order valence-electron chi connectivity index (χ3n) is 1.23. The molecule has 12 heavy (non-hydrogen) atoms. The van der Waals surface area contributed by atoms with E-state index in [2.05, 4.69) is 22.6 Å². The van der Waals surface area contributed by atoms with Crippen LogP contribution >= 0.6 is 22.6 Å². The van der Waals surface area contributed by atoms with Crippen molar-refractivity contribution in [2.45, 2.75) is 6.42 Å². The number of alkyl halides is 1. The molecule has 1 heterocycles. The van der Waals surface area contributed by atoms with Crippen molar-refractivity contribution >= 4 is 28.6 Å². The molecule has 0 aliphatic carbocycles. The molecule has 0 radical (unpaired) electrons. The van der Waals surface area contributed by atoms with E-state index < -0.39 is 0 Å². The van der Waals surface area contributed by atoms with Gasteiger partial charge in [-0.05, 0) is 18.6 Å². The summed E-state index contributed by atoms with van der Waals surface area (Å²) in [4.78, 5) is 11.1. The molecule has 1 aromatic heterocycles. The van der Waals surface area contributed by atoms with Gasteiger partial charge in [0, 0.05) is 4.43 Å². The Hall–Kier alpha value is -0.520. The lowest BCUT2D eigenvalue weighted by Gasteiger charge is -1.99. The van der Waals surface area contributed by atoms with Crippen molar-refractivity contribution in [1.82, 2.24) is 0 Å². The number of rotatable bonds is 4. The molecule has 1 rings (SSSR count). The maximum absolute atomic E-state index is 11.1. The molecule has 0 saturated carbocycles. The van der Waals surface area contributed by atoms with Crippen molar-refractivity contribution in [3.63, 3.8) is 0 Å². The highest BCUT2D eigenvalue weighted by molar-refractivity contribution is 14.1. The molecular formula is C8H9IO3. The number of furan rings is 1. The van der Waals surface area contributed by atoms with E-state index in [1.165, 1.54) is 6.26 Å². The zero-order valence-corrected chi connectivity index (χ0v) is 8.61. The molecule has 0 fully saturated rings. The van der Waals surface area contributed by atoms with Crippen LogP contribution in [0.1, 0.15) is 17.0 Å². The molecule has 4 heteroatoms. The lowest BCUT2D eigenvalue weighted by molar-refractivity contribution is 0.0470. The van der Waals surface area contributed by atoms with Gasteiger partial charge < -0.3 is 9.15 Å². The summed E-state index contributed by atoms with van der Waals surface area (Å²) in [7, 11) is 0. The highest BCUT2D eigenvalue weighted by Gasteiger charge is 2.08. The zero-order valence-electron chi connectivity index (χ0n) is 6.46. The molecule has 66 valence electrons.